The number of benzene rings is 1. The molecule has 1 aliphatic carbocycles. The van der Waals surface area contributed by atoms with Crippen molar-refractivity contribution in [2.75, 3.05) is 13.2 Å². The number of ether oxygens (including phenoxy) is 1. The van der Waals surface area contributed by atoms with Crippen molar-refractivity contribution in [1.29, 1.82) is 0 Å². The molecule has 1 aliphatic heterocycles. The summed E-state index contributed by atoms with van der Waals surface area (Å²) in [7, 11) is 0. The molecule has 1 saturated heterocycles. The van der Waals surface area contributed by atoms with Crippen LogP contribution in [0.25, 0.3) is 0 Å². The molecule has 1 heterocycles. The van der Waals surface area contributed by atoms with E-state index in [1.165, 1.54) is 44.1 Å². The third-order valence-electron chi connectivity index (χ3n) is 5.47. The SMILES string of the molecule is CC(NC1CCC(c2ccccc2)CC1)C1CCOCC1. The van der Waals surface area contributed by atoms with E-state index in [0.29, 0.717) is 6.04 Å². The molecule has 1 N–H and O–H groups in total. The number of hydrogen-bond acceptors (Lipinski definition) is 2. The maximum Gasteiger partial charge on any atom is 0.0469 e. The minimum Gasteiger partial charge on any atom is -0.381 e. The van der Waals surface area contributed by atoms with Crippen LogP contribution in [-0.2, 0) is 4.74 Å². The lowest BCUT2D eigenvalue weighted by Crippen LogP contribution is -2.44. The highest BCUT2D eigenvalue weighted by Crippen LogP contribution is 2.33. The third kappa shape index (κ3) is 4.08. The van der Waals surface area contributed by atoms with Crippen LogP contribution in [0.1, 0.15) is 56.9 Å². The molecule has 0 amide bonds. The second-order valence-corrected chi connectivity index (χ2v) is 6.86. The van der Waals surface area contributed by atoms with Crippen LogP contribution in [0, 0.1) is 5.92 Å². The number of rotatable bonds is 4. The van der Waals surface area contributed by atoms with Gasteiger partial charge < -0.3 is 10.1 Å². The van der Waals surface area contributed by atoms with E-state index in [2.05, 4.69) is 42.6 Å². The summed E-state index contributed by atoms with van der Waals surface area (Å²) >= 11 is 0. The molecule has 2 fully saturated rings. The van der Waals surface area contributed by atoms with Crippen LogP contribution >= 0.6 is 0 Å². The van der Waals surface area contributed by atoms with Crippen molar-refractivity contribution in [2.45, 2.75) is 63.5 Å². The van der Waals surface area contributed by atoms with Crippen LogP contribution in [0.15, 0.2) is 30.3 Å². The zero-order valence-electron chi connectivity index (χ0n) is 13.3. The van der Waals surface area contributed by atoms with Crippen molar-refractivity contribution in [2.24, 2.45) is 5.92 Å². The summed E-state index contributed by atoms with van der Waals surface area (Å²) in [6.07, 6.45) is 7.78. The first-order valence-electron chi connectivity index (χ1n) is 8.71. The van der Waals surface area contributed by atoms with Gasteiger partial charge in [0.15, 0.2) is 0 Å². The molecule has 0 radical (unpaired) electrons. The standard InChI is InChI=1S/C19H29NO/c1-15(16-11-13-21-14-12-16)20-19-9-7-18(8-10-19)17-5-3-2-4-6-17/h2-6,15-16,18-20H,7-14H2,1H3. The Morgan fingerprint density at radius 1 is 0.952 bits per heavy atom. The summed E-state index contributed by atoms with van der Waals surface area (Å²) in [6, 6.07) is 12.4. The molecular weight excluding hydrogens is 258 g/mol. The van der Waals surface area contributed by atoms with Gasteiger partial charge in [0.25, 0.3) is 0 Å². The highest BCUT2D eigenvalue weighted by molar-refractivity contribution is 5.20. The van der Waals surface area contributed by atoms with E-state index in [9.17, 15) is 0 Å². The largest absolute Gasteiger partial charge is 0.381 e. The highest BCUT2D eigenvalue weighted by atomic mass is 16.5. The zero-order chi connectivity index (χ0) is 14.5. The molecule has 116 valence electrons. The monoisotopic (exact) mass is 287 g/mol. The molecule has 1 aromatic rings. The lowest BCUT2D eigenvalue weighted by molar-refractivity contribution is 0.0535. The Kier molecular flexibility index (Phi) is 5.32. The van der Waals surface area contributed by atoms with Gasteiger partial charge in [-0.05, 0) is 62.8 Å². The fourth-order valence-corrected chi connectivity index (χ4v) is 4.04. The van der Waals surface area contributed by atoms with Gasteiger partial charge in [-0.15, -0.1) is 0 Å². The summed E-state index contributed by atoms with van der Waals surface area (Å²) < 4.78 is 5.48. The Bertz CT molecular complexity index is 405. The van der Waals surface area contributed by atoms with E-state index in [-0.39, 0.29) is 0 Å². The van der Waals surface area contributed by atoms with Gasteiger partial charge in [0, 0.05) is 25.3 Å². The quantitative estimate of drug-likeness (QED) is 0.899. The second kappa shape index (κ2) is 7.42. The molecule has 21 heavy (non-hydrogen) atoms. The van der Waals surface area contributed by atoms with Gasteiger partial charge in [0.2, 0.25) is 0 Å². The summed E-state index contributed by atoms with van der Waals surface area (Å²) in [5.74, 6) is 1.59. The van der Waals surface area contributed by atoms with Crippen molar-refractivity contribution >= 4 is 0 Å². The smallest absolute Gasteiger partial charge is 0.0469 e. The molecule has 2 nitrogen and oxygen atoms in total. The molecule has 0 bridgehead atoms. The predicted molar refractivity (Wildman–Crippen MR) is 87.6 cm³/mol. The first-order chi connectivity index (χ1) is 10.3. The van der Waals surface area contributed by atoms with Crippen molar-refractivity contribution < 1.29 is 4.74 Å². The maximum absolute atomic E-state index is 5.48. The number of hydrogen-bond donors (Lipinski definition) is 1. The molecule has 0 aromatic heterocycles. The molecule has 2 heteroatoms. The molecule has 1 atom stereocenters. The van der Waals surface area contributed by atoms with E-state index in [1.807, 2.05) is 0 Å². The Morgan fingerprint density at radius 3 is 2.29 bits per heavy atom. The van der Waals surface area contributed by atoms with Crippen LogP contribution < -0.4 is 5.32 Å². The van der Waals surface area contributed by atoms with Gasteiger partial charge in [0.1, 0.15) is 0 Å². The summed E-state index contributed by atoms with van der Waals surface area (Å²) in [6.45, 7) is 4.29. The molecule has 1 unspecified atom stereocenters. The predicted octanol–water partition coefficient (Wildman–Crippen LogP) is 4.12. The van der Waals surface area contributed by atoms with Gasteiger partial charge >= 0.3 is 0 Å². The fourth-order valence-electron chi connectivity index (χ4n) is 4.04. The van der Waals surface area contributed by atoms with E-state index in [1.54, 1.807) is 0 Å². The first-order valence-corrected chi connectivity index (χ1v) is 8.71. The van der Waals surface area contributed by atoms with Crippen molar-refractivity contribution in [3.63, 3.8) is 0 Å². The zero-order valence-corrected chi connectivity index (χ0v) is 13.3. The maximum atomic E-state index is 5.48. The van der Waals surface area contributed by atoms with Crippen molar-refractivity contribution in [1.82, 2.24) is 5.32 Å². The Balaban J connectivity index is 1.45. The van der Waals surface area contributed by atoms with Crippen molar-refractivity contribution in [3.8, 4) is 0 Å². The van der Waals surface area contributed by atoms with Gasteiger partial charge in [-0.2, -0.15) is 0 Å². The lowest BCUT2D eigenvalue weighted by Gasteiger charge is -2.35. The minimum atomic E-state index is 0.646. The first kappa shape index (κ1) is 15.1. The fraction of sp³-hybridized carbons (Fsp3) is 0.684. The van der Waals surface area contributed by atoms with E-state index < -0.39 is 0 Å². The molecule has 1 aromatic carbocycles. The van der Waals surface area contributed by atoms with Gasteiger partial charge in [-0.25, -0.2) is 0 Å². The van der Waals surface area contributed by atoms with Crippen molar-refractivity contribution in [3.05, 3.63) is 35.9 Å². The van der Waals surface area contributed by atoms with Crippen LogP contribution in [0.5, 0.6) is 0 Å². The van der Waals surface area contributed by atoms with Crippen LogP contribution in [0.3, 0.4) is 0 Å². The minimum absolute atomic E-state index is 0.646. The Hall–Kier alpha value is -0.860. The van der Waals surface area contributed by atoms with Gasteiger partial charge in [0.05, 0.1) is 0 Å². The Morgan fingerprint density at radius 2 is 1.62 bits per heavy atom. The van der Waals surface area contributed by atoms with Gasteiger partial charge in [-0.3, -0.25) is 0 Å². The van der Waals surface area contributed by atoms with E-state index in [4.69, 9.17) is 4.74 Å². The van der Waals surface area contributed by atoms with Crippen LogP contribution in [0.2, 0.25) is 0 Å². The molecular formula is C19H29NO. The lowest BCUT2D eigenvalue weighted by atomic mass is 9.81. The molecule has 3 rings (SSSR count). The summed E-state index contributed by atoms with van der Waals surface area (Å²) in [5.41, 5.74) is 1.54. The average Bonchev–Trinajstić information content (AvgIpc) is 2.57. The molecule has 0 spiro atoms. The van der Waals surface area contributed by atoms with E-state index >= 15 is 0 Å². The number of nitrogens with one attached hydrogen (secondary N) is 1. The topological polar surface area (TPSA) is 21.3 Å². The Labute approximate surface area is 129 Å². The van der Waals surface area contributed by atoms with E-state index in [0.717, 1.165) is 31.1 Å². The third-order valence-corrected chi connectivity index (χ3v) is 5.47. The average molecular weight is 287 g/mol. The molecule has 2 aliphatic rings. The normalized spacial score (nSPS) is 29.2. The second-order valence-electron chi connectivity index (χ2n) is 6.86. The van der Waals surface area contributed by atoms with Gasteiger partial charge in [-0.1, -0.05) is 30.3 Å². The van der Waals surface area contributed by atoms with Crippen LogP contribution in [-0.4, -0.2) is 25.3 Å². The van der Waals surface area contributed by atoms with Crippen LogP contribution in [0.4, 0.5) is 0 Å². The summed E-state index contributed by atoms with van der Waals surface area (Å²) in [5, 5.41) is 3.90. The molecule has 1 saturated carbocycles. The highest BCUT2D eigenvalue weighted by Gasteiger charge is 2.26. The summed E-state index contributed by atoms with van der Waals surface area (Å²) in [4.78, 5) is 0.